The minimum atomic E-state index is -3.36. The largest absolute Gasteiger partial charge is 0.493 e. The monoisotopic (exact) mass is 272 g/mol. The molecule has 0 saturated heterocycles. The molecule has 102 valence electrons. The summed E-state index contributed by atoms with van der Waals surface area (Å²) in [6, 6.07) is 6.88. The van der Waals surface area contributed by atoms with Gasteiger partial charge >= 0.3 is 0 Å². The first kappa shape index (κ1) is 14.8. The van der Waals surface area contributed by atoms with Crippen molar-refractivity contribution in [3.63, 3.8) is 0 Å². The summed E-state index contributed by atoms with van der Waals surface area (Å²) in [6.45, 7) is 4.79. The molecule has 0 unspecified atom stereocenters. The molecule has 3 N–H and O–H groups in total. The fourth-order valence-corrected chi connectivity index (χ4v) is 2.20. The molecule has 18 heavy (non-hydrogen) atoms. The Kier molecular flexibility index (Phi) is 5.43. The highest BCUT2D eigenvalue weighted by Crippen LogP contribution is 2.19. The number of anilines is 1. The van der Waals surface area contributed by atoms with E-state index in [4.69, 9.17) is 10.5 Å². The number of hydrogen-bond acceptors (Lipinski definition) is 4. The molecule has 0 aliphatic carbocycles. The summed E-state index contributed by atoms with van der Waals surface area (Å²) in [5, 5.41) is 0. The van der Waals surface area contributed by atoms with Crippen molar-refractivity contribution >= 4 is 15.7 Å². The zero-order valence-electron chi connectivity index (χ0n) is 10.7. The molecule has 0 fully saturated rings. The molecule has 0 aromatic heterocycles. The first-order valence-electron chi connectivity index (χ1n) is 5.86. The van der Waals surface area contributed by atoms with Crippen LogP contribution in [0.15, 0.2) is 24.3 Å². The lowest BCUT2D eigenvalue weighted by atomic mass is 10.2. The maximum Gasteiger partial charge on any atom is 0.233 e. The van der Waals surface area contributed by atoms with E-state index in [-0.39, 0.29) is 12.3 Å². The highest BCUT2D eigenvalue weighted by molar-refractivity contribution is 7.92. The SMILES string of the molecule is CC(C)COc1cccc(NS(=O)(=O)CCN)c1. The van der Waals surface area contributed by atoms with Gasteiger partial charge in [0.2, 0.25) is 10.0 Å². The van der Waals surface area contributed by atoms with Crippen LogP contribution in [-0.2, 0) is 10.0 Å². The number of sulfonamides is 1. The van der Waals surface area contributed by atoms with Gasteiger partial charge in [0.1, 0.15) is 5.75 Å². The van der Waals surface area contributed by atoms with Gasteiger partial charge in [0.15, 0.2) is 0 Å². The van der Waals surface area contributed by atoms with Crippen LogP contribution in [0, 0.1) is 5.92 Å². The molecule has 0 spiro atoms. The summed E-state index contributed by atoms with van der Waals surface area (Å²) >= 11 is 0. The van der Waals surface area contributed by atoms with Crippen molar-refractivity contribution in [2.24, 2.45) is 11.7 Å². The van der Waals surface area contributed by atoms with Crippen molar-refractivity contribution in [2.45, 2.75) is 13.8 Å². The molecule has 6 heteroatoms. The molecule has 5 nitrogen and oxygen atoms in total. The van der Waals surface area contributed by atoms with Crippen LogP contribution in [0.5, 0.6) is 5.75 Å². The van der Waals surface area contributed by atoms with Crippen LogP contribution < -0.4 is 15.2 Å². The molecule has 0 atom stereocenters. The van der Waals surface area contributed by atoms with Crippen molar-refractivity contribution in [1.82, 2.24) is 0 Å². The van der Waals surface area contributed by atoms with Gasteiger partial charge in [0, 0.05) is 12.6 Å². The second-order valence-electron chi connectivity index (χ2n) is 4.44. The lowest BCUT2D eigenvalue weighted by Crippen LogP contribution is -2.22. The van der Waals surface area contributed by atoms with Crippen LogP contribution in [-0.4, -0.2) is 27.3 Å². The summed E-state index contributed by atoms with van der Waals surface area (Å²) in [5.74, 6) is 0.976. The van der Waals surface area contributed by atoms with Crippen LogP contribution >= 0.6 is 0 Å². The molecule has 0 aliphatic rings. The third kappa shape index (κ3) is 5.37. The van der Waals surface area contributed by atoms with Crippen molar-refractivity contribution in [3.8, 4) is 5.75 Å². The van der Waals surface area contributed by atoms with E-state index in [1.807, 2.05) is 13.8 Å². The normalized spacial score (nSPS) is 11.6. The van der Waals surface area contributed by atoms with Crippen LogP contribution in [0.3, 0.4) is 0 Å². The van der Waals surface area contributed by atoms with E-state index in [0.29, 0.717) is 24.0 Å². The molecule has 0 heterocycles. The lowest BCUT2D eigenvalue weighted by molar-refractivity contribution is 0.271. The molecular formula is C12H20N2O3S. The van der Waals surface area contributed by atoms with Crippen LogP contribution in [0.2, 0.25) is 0 Å². The summed E-state index contributed by atoms with van der Waals surface area (Å²) in [5.41, 5.74) is 5.73. The maximum atomic E-state index is 11.5. The Bertz CT molecular complexity index is 472. The van der Waals surface area contributed by atoms with Crippen LogP contribution in [0.1, 0.15) is 13.8 Å². The third-order valence-electron chi connectivity index (χ3n) is 2.08. The van der Waals surface area contributed by atoms with Crippen molar-refractivity contribution in [1.29, 1.82) is 0 Å². The lowest BCUT2D eigenvalue weighted by Gasteiger charge is -2.11. The van der Waals surface area contributed by atoms with E-state index in [1.165, 1.54) is 0 Å². The Balaban J connectivity index is 2.70. The molecule has 0 radical (unpaired) electrons. The quantitative estimate of drug-likeness (QED) is 0.786. The number of hydrogen-bond donors (Lipinski definition) is 2. The highest BCUT2D eigenvalue weighted by Gasteiger charge is 2.09. The first-order chi connectivity index (χ1) is 8.43. The Morgan fingerprint density at radius 2 is 2.11 bits per heavy atom. The topological polar surface area (TPSA) is 81.4 Å². The smallest absolute Gasteiger partial charge is 0.233 e. The van der Waals surface area contributed by atoms with E-state index in [9.17, 15) is 8.42 Å². The summed E-state index contributed by atoms with van der Waals surface area (Å²) in [4.78, 5) is 0. The van der Waals surface area contributed by atoms with E-state index in [2.05, 4.69) is 4.72 Å². The van der Waals surface area contributed by atoms with Gasteiger partial charge in [-0.3, -0.25) is 4.72 Å². The van der Waals surface area contributed by atoms with Crippen LogP contribution in [0.25, 0.3) is 0 Å². The van der Waals surface area contributed by atoms with Crippen molar-refractivity contribution in [2.75, 3.05) is 23.6 Å². The summed E-state index contributed by atoms with van der Waals surface area (Å²) < 4.78 is 31.1. The second kappa shape index (κ2) is 6.61. The average molecular weight is 272 g/mol. The van der Waals surface area contributed by atoms with Gasteiger partial charge in [-0.15, -0.1) is 0 Å². The van der Waals surface area contributed by atoms with Gasteiger partial charge < -0.3 is 10.5 Å². The minimum absolute atomic E-state index is 0.0932. The maximum absolute atomic E-state index is 11.5. The summed E-state index contributed by atoms with van der Waals surface area (Å²) in [7, 11) is -3.36. The highest BCUT2D eigenvalue weighted by atomic mass is 32.2. The first-order valence-corrected chi connectivity index (χ1v) is 7.51. The standard InChI is InChI=1S/C12H20N2O3S/c1-10(2)9-17-12-5-3-4-11(8-12)14-18(15,16)7-6-13/h3-5,8,10,14H,6-7,9,13H2,1-2H3. The number of ether oxygens (including phenoxy) is 1. The van der Waals surface area contributed by atoms with Gasteiger partial charge in [-0.25, -0.2) is 8.42 Å². The van der Waals surface area contributed by atoms with Crippen molar-refractivity contribution in [3.05, 3.63) is 24.3 Å². The van der Waals surface area contributed by atoms with E-state index >= 15 is 0 Å². The predicted octanol–water partition coefficient (Wildman–Crippen LogP) is 1.42. The summed E-state index contributed by atoms with van der Waals surface area (Å²) in [6.07, 6.45) is 0. The number of benzene rings is 1. The molecule has 0 aliphatic heterocycles. The molecule has 1 aromatic rings. The fraction of sp³-hybridized carbons (Fsp3) is 0.500. The zero-order valence-corrected chi connectivity index (χ0v) is 11.5. The molecule has 0 amide bonds. The molecule has 0 saturated carbocycles. The van der Waals surface area contributed by atoms with Crippen molar-refractivity contribution < 1.29 is 13.2 Å². The van der Waals surface area contributed by atoms with Gasteiger partial charge in [-0.2, -0.15) is 0 Å². The number of nitrogens with one attached hydrogen (secondary N) is 1. The van der Waals surface area contributed by atoms with Crippen LogP contribution in [0.4, 0.5) is 5.69 Å². The van der Waals surface area contributed by atoms with E-state index in [1.54, 1.807) is 24.3 Å². The predicted molar refractivity (Wildman–Crippen MR) is 73.2 cm³/mol. The number of rotatable bonds is 7. The Labute approximate surface area is 108 Å². The average Bonchev–Trinajstić information content (AvgIpc) is 2.26. The minimum Gasteiger partial charge on any atom is -0.493 e. The van der Waals surface area contributed by atoms with E-state index in [0.717, 1.165) is 0 Å². The Morgan fingerprint density at radius 3 is 2.72 bits per heavy atom. The molecule has 0 bridgehead atoms. The van der Waals surface area contributed by atoms with Gasteiger partial charge in [-0.1, -0.05) is 19.9 Å². The fourth-order valence-electron chi connectivity index (χ4n) is 1.30. The van der Waals surface area contributed by atoms with Gasteiger partial charge in [-0.05, 0) is 18.1 Å². The molecule has 1 aromatic carbocycles. The van der Waals surface area contributed by atoms with Gasteiger partial charge in [0.05, 0.1) is 18.0 Å². The zero-order chi connectivity index (χ0) is 13.6. The molecular weight excluding hydrogens is 252 g/mol. The second-order valence-corrected chi connectivity index (χ2v) is 6.28. The third-order valence-corrected chi connectivity index (χ3v) is 3.40. The van der Waals surface area contributed by atoms with Gasteiger partial charge in [0.25, 0.3) is 0 Å². The van der Waals surface area contributed by atoms with E-state index < -0.39 is 10.0 Å². The Hall–Kier alpha value is -1.27. The number of nitrogens with two attached hydrogens (primary N) is 1. The Morgan fingerprint density at radius 1 is 1.39 bits per heavy atom. The molecule has 1 rings (SSSR count).